The molecule has 3 aromatic rings. The van der Waals surface area contributed by atoms with E-state index < -0.39 is 10.0 Å². The number of ketones is 1. The molecule has 0 saturated heterocycles. The number of alkyl halides is 1. The minimum absolute atomic E-state index is 0.167. The second kappa shape index (κ2) is 5.59. The second-order valence-corrected chi connectivity index (χ2v) is 6.81. The largest absolute Gasteiger partial charge is 0.293 e. The van der Waals surface area contributed by atoms with Gasteiger partial charge in [0.25, 0.3) is 10.0 Å². The number of para-hydroxylation sites is 1. The molecule has 0 amide bonds. The Morgan fingerprint density at radius 2 is 1.64 bits per heavy atom. The highest BCUT2D eigenvalue weighted by Crippen LogP contribution is 2.26. The molecule has 4 nitrogen and oxygen atoms in total. The van der Waals surface area contributed by atoms with E-state index in [9.17, 15) is 13.2 Å². The number of fused-ring (bicyclic) bond motifs is 1. The lowest BCUT2D eigenvalue weighted by Crippen LogP contribution is -2.12. The van der Waals surface area contributed by atoms with E-state index in [1.54, 1.807) is 42.5 Å². The molecule has 0 aliphatic rings. The van der Waals surface area contributed by atoms with Crippen molar-refractivity contribution >= 4 is 38.3 Å². The van der Waals surface area contributed by atoms with Gasteiger partial charge in [0, 0.05) is 17.1 Å². The summed E-state index contributed by atoms with van der Waals surface area (Å²) >= 11 is 5.62. The van der Waals surface area contributed by atoms with Gasteiger partial charge in [0.2, 0.25) is 0 Å². The SMILES string of the molecule is O=C(CCl)c1cn(S(=O)(=O)c2ccccc2)c2ccccc12. The Kier molecular flexibility index (Phi) is 3.76. The maximum atomic E-state index is 12.8. The quantitative estimate of drug-likeness (QED) is 0.543. The highest BCUT2D eigenvalue weighted by atomic mass is 35.5. The van der Waals surface area contributed by atoms with Crippen LogP contribution >= 0.6 is 11.6 Å². The Morgan fingerprint density at radius 1 is 1.00 bits per heavy atom. The minimum atomic E-state index is -3.77. The molecular weight excluding hydrogens is 322 g/mol. The zero-order valence-corrected chi connectivity index (χ0v) is 13.0. The van der Waals surface area contributed by atoms with Gasteiger partial charge in [-0.05, 0) is 18.2 Å². The average molecular weight is 334 g/mol. The van der Waals surface area contributed by atoms with Gasteiger partial charge in [0.1, 0.15) is 0 Å². The predicted octanol–water partition coefficient (Wildman–Crippen LogP) is 3.30. The summed E-state index contributed by atoms with van der Waals surface area (Å²) in [5, 5.41) is 0.577. The summed E-state index contributed by atoms with van der Waals surface area (Å²) in [6.07, 6.45) is 1.34. The Balaban J connectivity index is 2.31. The summed E-state index contributed by atoms with van der Waals surface area (Å²) in [6.45, 7) is 0. The number of Topliss-reactive ketones (excluding diaryl/α,β-unsaturated/α-hetero) is 1. The highest BCUT2D eigenvalue weighted by molar-refractivity contribution is 7.90. The molecule has 22 heavy (non-hydrogen) atoms. The van der Waals surface area contributed by atoms with E-state index in [0.29, 0.717) is 16.5 Å². The van der Waals surface area contributed by atoms with Crippen molar-refractivity contribution in [3.8, 4) is 0 Å². The van der Waals surface area contributed by atoms with Crippen LogP contribution in [0.2, 0.25) is 0 Å². The minimum Gasteiger partial charge on any atom is -0.293 e. The summed E-state index contributed by atoms with van der Waals surface area (Å²) < 4.78 is 26.7. The fourth-order valence-electron chi connectivity index (χ4n) is 2.35. The number of nitrogens with zero attached hydrogens (tertiary/aromatic N) is 1. The van der Waals surface area contributed by atoms with Crippen LogP contribution in [-0.2, 0) is 10.0 Å². The van der Waals surface area contributed by atoms with E-state index in [0.717, 1.165) is 3.97 Å². The Hall–Kier alpha value is -2.11. The van der Waals surface area contributed by atoms with E-state index in [1.807, 2.05) is 0 Å². The van der Waals surface area contributed by atoms with Crippen molar-refractivity contribution in [3.63, 3.8) is 0 Å². The monoisotopic (exact) mass is 333 g/mol. The van der Waals surface area contributed by atoms with Gasteiger partial charge >= 0.3 is 0 Å². The maximum Gasteiger partial charge on any atom is 0.268 e. The molecule has 0 fully saturated rings. The van der Waals surface area contributed by atoms with Crippen LogP contribution < -0.4 is 0 Å². The number of hydrogen-bond acceptors (Lipinski definition) is 3. The van der Waals surface area contributed by atoms with Gasteiger partial charge in [0.15, 0.2) is 5.78 Å². The molecule has 2 aromatic carbocycles. The third kappa shape index (κ3) is 2.32. The molecule has 0 N–H and O–H groups in total. The van der Waals surface area contributed by atoms with Crippen molar-refractivity contribution in [2.75, 3.05) is 5.88 Å². The van der Waals surface area contributed by atoms with Crippen molar-refractivity contribution < 1.29 is 13.2 Å². The molecule has 0 atom stereocenters. The molecule has 6 heteroatoms. The van der Waals surface area contributed by atoms with E-state index in [2.05, 4.69) is 0 Å². The molecule has 0 radical (unpaired) electrons. The lowest BCUT2D eigenvalue weighted by atomic mass is 10.1. The molecule has 1 heterocycles. The summed E-state index contributed by atoms with van der Waals surface area (Å²) in [4.78, 5) is 12.1. The fraction of sp³-hybridized carbons (Fsp3) is 0.0625. The summed E-state index contributed by atoms with van der Waals surface area (Å²) in [7, 11) is -3.77. The van der Waals surface area contributed by atoms with Gasteiger partial charge in [-0.1, -0.05) is 36.4 Å². The molecule has 1 aromatic heterocycles. The third-order valence-electron chi connectivity index (χ3n) is 3.40. The van der Waals surface area contributed by atoms with Crippen LogP contribution in [0.4, 0.5) is 0 Å². The zero-order valence-electron chi connectivity index (χ0n) is 11.4. The molecule has 0 aliphatic carbocycles. The smallest absolute Gasteiger partial charge is 0.268 e. The molecule has 0 saturated carbocycles. The number of benzene rings is 2. The maximum absolute atomic E-state index is 12.8. The van der Waals surface area contributed by atoms with Crippen molar-refractivity contribution in [3.05, 3.63) is 66.4 Å². The number of aromatic nitrogens is 1. The Bertz CT molecular complexity index is 946. The molecule has 0 aliphatic heterocycles. The lowest BCUT2D eigenvalue weighted by molar-refractivity contribution is 0.102. The van der Waals surface area contributed by atoms with Crippen LogP contribution in [0.15, 0.2) is 65.7 Å². The van der Waals surface area contributed by atoms with Gasteiger partial charge in [-0.3, -0.25) is 4.79 Å². The van der Waals surface area contributed by atoms with Gasteiger partial charge in [-0.2, -0.15) is 0 Å². The molecule has 0 bridgehead atoms. The second-order valence-electron chi connectivity index (χ2n) is 4.73. The standard InChI is InChI=1S/C16H12ClNO3S/c17-10-16(19)14-11-18(15-9-5-4-8-13(14)15)22(20,21)12-6-2-1-3-7-12/h1-9,11H,10H2. The van der Waals surface area contributed by atoms with Crippen molar-refractivity contribution in [1.29, 1.82) is 0 Å². The molecule has 3 rings (SSSR count). The van der Waals surface area contributed by atoms with Crippen LogP contribution in [0.5, 0.6) is 0 Å². The number of carbonyl (C=O) groups is 1. The summed E-state index contributed by atoms with van der Waals surface area (Å²) in [5.41, 5.74) is 0.768. The molecule has 112 valence electrons. The van der Waals surface area contributed by atoms with E-state index >= 15 is 0 Å². The van der Waals surface area contributed by atoms with Gasteiger partial charge in [-0.25, -0.2) is 12.4 Å². The van der Waals surface area contributed by atoms with Crippen molar-refractivity contribution in [2.45, 2.75) is 4.90 Å². The number of rotatable bonds is 4. The van der Waals surface area contributed by atoms with E-state index in [4.69, 9.17) is 11.6 Å². The number of carbonyl (C=O) groups excluding carboxylic acids is 1. The summed E-state index contributed by atoms with van der Waals surface area (Å²) in [6, 6.07) is 15.0. The average Bonchev–Trinajstić information content (AvgIpc) is 2.95. The fourth-order valence-corrected chi connectivity index (χ4v) is 3.88. The van der Waals surface area contributed by atoms with Crippen molar-refractivity contribution in [1.82, 2.24) is 3.97 Å². The Labute approximate surface area is 133 Å². The molecule has 0 spiro atoms. The normalized spacial score (nSPS) is 11.7. The van der Waals surface area contributed by atoms with Crippen LogP contribution in [-0.4, -0.2) is 24.1 Å². The van der Waals surface area contributed by atoms with Crippen molar-refractivity contribution in [2.24, 2.45) is 0 Å². The zero-order chi connectivity index (χ0) is 15.7. The summed E-state index contributed by atoms with van der Waals surface area (Å²) in [5.74, 6) is -0.501. The van der Waals surface area contributed by atoms with Crippen LogP contribution in [0, 0.1) is 0 Å². The van der Waals surface area contributed by atoms with Gasteiger partial charge in [-0.15, -0.1) is 11.6 Å². The van der Waals surface area contributed by atoms with Crippen LogP contribution in [0.25, 0.3) is 10.9 Å². The van der Waals surface area contributed by atoms with Gasteiger partial charge in [0.05, 0.1) is 16.3 Å². The number of hydrogen-bond donors (Lipinski definition) is 0. The van der Waals surface area contributed by atoms with Crippen LogP contribution in [0.3, 0.4) is 0 Å². The third-order valence-corrected chi connectivity index (χ3v) is 5.33. The first-order valence-corrected chi connectivity index (χ1v) is 8.53. The first-order valence-electron chi connectivity index (χ1n) is 6.55. The topological polar surface area (TPSA) is 56.1 Å². The first-order chi connectivity index (χ1) is 10.6. The Morgan fingerprint density at radius 3 is 2.32 bits per heavy atom. The lowest BCUT2D eigenvalue weighted by Gasteiger charge is -2.07. The van der Waals surface area contributed by atoms with Gasteiger partial charge < -0.3 is 0 Å². The van der Waals surface area contributed by atoms with E-state index in [-0.39, 0.29) is 16.6 Å². The molecule has 0 unspecified atom stereocenters. The van der Waals surface area contributed by atoms with E-state index in [1.165, 1.54) is 18.3 Å². The molecular formula is C16H12ClNO3S. The predicted molar refractivity (Wildman–Crippen MR) is 86.0 cm³/mol. The first kappa shape index (κ1) is 14.8. The van der Waals surface area contributed by atoms with Crippen LogP contribution in [0.1, 0.15) is 10.4 Å². The highest BCUT2D eigenvalue weighted by Gasteiger charge is 2.22. The number of halogens is 1.